The van der Waals surface area contributed by atoms with E-state index in [4.69, 9.17) is 9.47 Å². The van der Waals surface area contributed by atoms with Gasteiger partial charge in [0.15, 0.2) is 6.79 Å². The van der Waals surface area contributed by atoms with E-state index in [2.05, 4.69) is 12.2 Å². The molecule has 0 saturated carbocycles. The average molecular weight is 336 g/mol. The molecule has 24 heavy (non-hydrogen) atoms. The molecule has 1 aromatic rings. The summed E-state index contributed by atoms with van der Waals surface area (Å²) in [5.74, 6) is 0.396. The Balaban J connectivity index is 1.58. The van der Waals surface area contributed by atoms with E-state index < -0.39 is 0 Å². The summed E-state index contributed by atoms with van der Waals surface area (Å²) >= 11 is 0. The Kier molecular flexibility index (Phi) is 5.56. The van der Waals surface area contributed by atoms with E-state index in [-0.39, 0.29) is 18.6 Å². The Morgan fingerprint density at radius 2 is 2.29 bits per heavy atom. The van der Waals surface area contributed by atoms with Crippen molar-refractivity contribution in [1.82, 2.24) is 10.2 Å². The molecule has 1 N–H and O–H groups in total. The fourth-order valence-corrected chi connectivity index (χ4v) is 3.54. The molecule has 132 valence electrons. The van der Waals surface area contributed by atoms with Crippen LogP contribution in [0.3, 0.4) is 0 Å². The number of rotatable bonds is 4. The van der Waals surface area contributed by atoms with Crippen LogP contribution in [0.5, 0.6) is 5.75 Å². The molecule has 2 heterocycles. The second kappa shape index (κ2) is 7.83. The third kappa shape index (κ3) is 3.80. The van der Waals surface area contributed by atoms with Crippen molar-refractivity contribution in [2.24, 2.45) is 0 Å². The van der Waals surface area contributed by atoms with Gasteiger partial charge in [-0.2, -0.15) is 0 Å². The molecule has 6 heteroatoms. The van der Waals surface area contributed by atoms with Crippen molar-refractivity contribution in [1.29, 1.82) is 0 Å². The zero-order valence-corrected chi connectivity index (χ0v) is 14.1. The predicted octanol–water partition coefficient (Wildman–Crippen LogP) is 3.21. The van der Waals surface area contributed by atoms with Crippen LogP contribution >= 0.6 is 0 Å². The molecule has 2 amide bonds. The van der Waals surface area contributed by atoms with Crippen LogP contribution < -0.4 is 10.1 Å². The normalized spacial score (nSPS) is 20.2. The number of amides is 2. The maximum atomic E-state index is 13.7. The molecule has 2 aliphatic rings. The zero-order chi connectivity index (χ0) is 16.9. The van der Waals surface area contributed by atoms with E-state index in [1.165, 1.54) is 18.6 Å². The third-order valence-corrected chi connectivity index (χ3v) is 4.78. The summed E-state index contributed by atoms with van der Waals surface area (Å²) in [6.07, 6.45) is 4.86. The molecule has 0 aliphatic carbocycles. The second-order valence-electron chi connectivity index (χ2n) is 6.40. The summed E-state index contributed by atoms with van der Waals surface area (Å²) in [4.78, 5) is 14.3. The van der Waals surface area contributed by atoms with Crippen LogP contribution in [-0.2, 0) is 17.8 Å². The number of likely N-dealkylation sites (tertiary alicyclic amines) is 1. The van der Waals surface area contributed by atoms with Crippen molar-refractivity contribution in [3.63, 3.8) is 0 Å². The Morgan fingerprint density at radius 1 is 1.42 bits per heavy atom. The first-order valence-electron chi connectivity index (χ1n) is 8.75. The van der Waals surface area contributed by atoms with E-state index in [0.29, 0.717) is 31.4 Å². The average Bonchev–Trinajstić information content (AvgIpc) is 2.61. The van der Waals surface area contributed by atoms with E-state index >= 15 is 0 Å². The summed E-state index contributed by atoms with van der Waals surface area (Å²) in [5, 5.41) is 2.97. The van der Waals surface area contributed by atoms with E-state index in [1.54, 1.807) is 0 Å². The summed E-state index contributed by atoms with van der Waals surface area (Å²) < 4.78 is 24.4. The van der Waals surface area contributed by atoms with Gasteiger partial charge in [-0.05, 0) is 49.8 Å². The van der Waals surface area contributed by atoms with E-state index in [1.807, 2.05) is 4.90 Å². The number of benzene rings is 1. The highest BCUT2D eigenvalue weighted by molar-refractivity contribution is 5.74. The van der Waals surface area contributed by atoms with Crippen LogP contribution in [0.4, 0.5) is 9.18 Å². The van der Waals surface area contributed by atoms with Crippen molar-refractivity contribution >= 4 is 6.03 Å². The van der Waals surface area contributed by atoms with Gasteiger partial charge in [0.1, 0.15) is 11.6 Å². The molecule has 3 rings (SSSR count). The number of nitrogens with one attached hydrogen (secondary N) is 1. The molecule has 1 atom stereocenters. The first-order valence-corrected chi connectivity index (χ1v) is 8.75. The summed E-state index contributed by atoms with van der Waals surface area (Å²) in [7, 11) is 0. The molecule has 1 fully saturated rings. The van der Waals surface area contributed by atoms with Crippen molar-refractivity contribution in [2.45, 2.75) is 51.7 Å². The van der Waals surface area contributed by atoms with Crippen molar-refractivity contribution in [3.8, 4) is 5.75 Å². The van der Waals surface area contributed by atoms with Crippen LogP contribution in [0.15, 0.2) is 12.1 Å². The number of piperidine rings is 1. The molecule has 0 bridgehead atoms. The maximum Gasteiger partial charge on any atom is 0.317 e. The highest BCUT2D eigenvalue weighted by atomic mass is 19.1. The Labute approximate surface area is 142 Å². The number of carbonyl (C=O) groups is 1. The fourth-order valence-electron chi connectivity index (χ4n) is 3.54. The topological polar surface area (TPSA) is 50.8 Å². The lowest BCUT2D eigenvalue weighted by Crippen LogP contribution is -2.48. The molecule has 0 spiro atoms. The highest BCUT2D eigenvalue weighted by Crippen LogP contribution is 2.29. The van der Waals surface area contributed by atoms with Crippen LogP contribution in [-0.4, -0.2) is 36.9 Å². The van der Waals surface area contributed by atoms with Crippen LogP contribution in [0.1, 0.15) is 43.7 Å². The lowest BCUT2D eigenvalue weighted by Gasteiger charge is -2.35. The lowest BCUT2D eigenvalue weighted by molar-refractivity contribution is -0.0172. The Hall–Kier alpha value is -1.82. The van der Waals surface area contributed by atoms with Gasteiger partial charge in [0.2, 0.25) is 0 Å². The molecule has 1 saturated heterocycles. The molecular formula is C18H25FN2O3. The standard InChI is InChI=1S/C18H25FN2O3/c1-2-16-5-3-4-8-21(16)18(22)20-7-6-13-9-15(19)10-14-11-23-12-24-17(13)14/h9-10,16H,2-8,11-12H2,1H3,(H,20,22). The number of carbonyl (C=O) groups excluding carboxylic acids is 1. The van der Waals surface area contributed by atoms with Gasteiger partial charge in [-0.15, -0.1) is 0 Å². The summed E-state index contributed by atoms with van der Waals surface area (Å²) in [5.41, 5.74) is 1.50. The Bertz CT molecular complexity index is 594. The van der Waals surface area contributed by atoms with Gasteiger partial charge >= 0.3 is 6.03 Å². The van der Waals surface area contributed by atoms with Gasteiger partial charge in [0.25, 0.3) is 0 Å². The summed E-state index contributed by atoms with van der Waals surface area (Å²) in [6.45, 7) is 3.95. The van der Waals surface area contributed by atoms with E-state index in [0.717, 1.165) is 36.9 Å². The van der Waals surface area contributed by atoms with Crippen molar-refractivity contribution < 1.29 is 18.7 Å². The predicted molar refractivity (Wildman–Crippen MR) is 88.4 cm³/mol. The fraction of sp³-hybridized carbons (Fsp3) is 0.611. The number of fused-ring (bicyclic) bond motifs is 1. The maximum absolute atomic E-state index is 13.7. The van der Waals surface area contributed by atoms with Gasteiger partial charge in [-0.25, -0.2) is 9.18 Å². The molecule has 1 aromatic carbocycles. The number of hydrogen-bond donors (Lipinski definition) is 1. The SMILES string of the molecule is CCC1CCCCN1C(=O)NCCc1cc(F)cc2c1OCOC2. The number of nitrogens with zero attached hydrogens (tertiary/aromatic N) is 1. The van der Waals surface area contributed by atoms with E-state index in [9.17, 15) is 9.18 Å². The lowest BCUT2D eigenvalue weighted by atomic mass is 10.0. The number of halogens is 1. The highest BCUT2D eigenvalue weighted by Gasteiger charge is 2.25. The molecule has 0 aromatic heterocycles. The minimum atomic E-state index is -0.300. The molecule has 1 unspecified atom stereocenters. The minimum absolute atomic E-state index is 0.0175. The quantitative estimate of drug-likeness (QED) is 0.918. The summed E-state index contributed by atoms with van der Waals surface area (Å²) in [6, 6.07) is 3.24. The first-order chi connectivity index (χ1) is 11.7. The Morgan fingerprint density at radius 3 is 3.12 bits per heavy atom. The van der Waals surface area contributed by atoms with Gasteiger partial charge < -0.3 is 19.7 Å². The van der Waals surface area contributed by atoms with Crippen molar-refractivity contribution in [3.05, 3.63) is 29.1 Å². The van der Waals surface area contributed by atoms with Crippen LogP contribution in [0.2, 0.25) is 0 Å². The van der Waals surface area contributed by atoms with Crippen molar-refractivity contribution in [2.75, 3.05) is 19.9 Å². The van der Waals surface area contributed by atoms with Crippen LogP contribution in [0, 0.1) is 5.82 Å². The zero-order valence-electron chi connectivity index (χ0n) is 14.1. The number of ether oxygens (including phenoxy) is 2. The first kappa shape index (κ1) is 17.0. The van der Waals surface area contributed by atoms with Gasteiger partial charge in [-0.3, -0.25) is 0 Å². The monoisotopic (exact) mass is 336 g/mol. The van der Waals surface area contributed by atoms with Gasteiger partial charge in [-0.1, -0.05) is 6.92 Å². The second-order valence-corrected chi connectivity index (χ2v) is 6.40. The molecule has 5 nitrogen and oxygen atoms in total. The van der Waals surface area contributed by atoms with Crippen LogP contribution in [0.25, 0.3) is 0 Å². The number of urea groups is 1. The molecule has 0 radical (unpaired) electrons. The van der Waals surface area contributed by atoms with Gasteiger partial charge in [0, 0.05) is 24.7 Å². The third-order valence-electron chi connectivity index (χ3n) is 4.78. The minimum Gasteiger partial charge on any atom is -0.467 e. The number of hydrogen-bond acceptors (Lipinski definition) is 3. The molecular weight excluding hydrogens is 311 g/mol. The van der Waals surface area contributed by atoms with Gasteiger partial charge in [0.05, 0.1) is 6.61 Å². The smallest absolute Gasteiger partial charge is 0.317 e. The molecule has 2 aliphatic heterocycles. The largest absolute Gasteiger partial charge is 0.467 e.